The first-order valence-corrected chi connectivity index (χ1v) is 2.55. The third-order valence-corrected chi connectivity index (χ3v) is 0.618. The molecule has 2 N–H and O–H groups in total. The van der Waals surface area contributed by atoms with Crippen LogP contribution in [0.1, 0.15) is 0 Å². The molecule has 70 valence electrons. The second-order valence-corrected chi connectivity index (χ2v) is 1.61. The Kier molecular flexibility index (Phi) is 3.48. The van der Waals surface area contributed by atoms with Gasteiger partial charge in [0.2, 0.25) is 0 Å². The van der Waals surface area contributed by atoms with Crippen molar-refractivity contribution in [3.05, 3.63) is 0 Å². The van der Waals surface area contributed by atoms with Crippen molar-refractivity contribution >= 4 is 11.9 Å². The van der Waals surface area contributed by atoms with Crippen molar-refractivity contribution in [3.8, 4) is 0 Å². The number of rotatable bonds is 3. The van der Waals surface area contributed by atoms with Gasteiger partial charge in [-0.1, -0.05) is 0 Å². The van der Waals surface area contributed by atoms with E-state index in [1.807, 2.05) is 0 Å². The van der Waals surface area contributed by atoms with E-state index in [4.69, 9.17) is 5.11 Å². The van der Waals surface area contributed by atoms with Crippen LogP contribution in [-0.2, 0) is 14.4 Å². The quantitative estimate of drug-likeness (QED) is 0.593. The summed E-state index contributed by atoms with van der Waals surface area (Å²) in [5.74, 6) is -3.83. The molecule has 0 spiro atoms. The summed E-state index contributed by atoms with van der Waals surface area (Å²) in [6.45, 7) is -1.03. The van der Waals surface area contributed by atoms with E-state index in [0.717, 1.165) is 5.48 Å². The third kappa shape index (κ3) is 4.50. The highest BCUT2D eigenvalue weighted by atomic mass is 19.4. The first-order valence-electron chi connectivity index (χ1n) is 2.55. The number of hydroxylamine groups is 1. The van der Waals surface area contributed by atoms with Gasteiger partial charge in [0.25, 0.3) is 0 Å². The van der Waals surface area contributed by atoms with E-state index in [9.17, 15) is 22.8 Å². The van der Waals surface area contributed by atoms with Crippen LogP contribution in [-0.4, -0.2) is 29.8 Å². The number of alkyl halides is 3. The van der Waals surface area contributed by atoms with E-state index < -0.39 is 24.7 Å². The van der Waals surface area contributed by atoms with Gasteiger partial charge < -0.3 is 5.11 Å². The zero-order valence-corrected chi connectivity index (χ0v) is 5.51. The van der Waals surface area contributed by atoms with E-state index in [2.05, 4.69) is 4.84 Å². The maximum absolute atomic E-state index is 11.3. The fourth-order valence-corrected chi connectivity index (χ4v) is 0.221. The SMILES string of the molecule is O=C(O)CONC(=O)C(F)(F)F. The minimum absolute atomic E-state index is 0.909. The van der Waals surface area contributed by atoms with Crippen LogP contribution in [0.15, 0.2) is 0 Å². The number of carbonyl (C=O) groups excluding carboxylic acids is 1. The van der Waals surface area contributed by atoms with Gasteiger partial charge in [-0.2, -0.15) is 13.2 Å². The van der Waals surface area contributed by atoms with Crippen LogP contribution >= 0.6 is 0 Å². The number of hydrogen-bond acceptors (Lipinski definition) is 3. The molecule has 5 nitrogen and oxygen atoms in total. The Morgan fingerprint density at radius 3 is 2.25 bits per heavy atom. The Balaban J connectivity index is 3.66. The van der Waals surface area contributed by atoms with E-state index in [-0.39, 0.29) is 0 Å². The predicted molar refractivity (Wildman–Crippen MR) is 27.8 cm³/mol. The topological polar surface area (TPSA) is 75.6 Å². The minimum atomic E-state index is -5.07. The number of amides is 1. The van der Waals surface area contributed by atoms with E-state index in [0.29, 0.717) is 0 Å². The summed E-state index contributed by atoms with van der Waals surface area (Å²) in [7, 11) is 0. The summed E-state index contributed by atoms with van der Waals surface area (Å²) >= 11 is 0. The number of carboxylic acids is 1. The first kappa shape index (κ1) is 10.7. The van der Waals surface area contributed by atoms with Crippen LogP contribution in [0, 0.1) is 0 Å². The molecule has 8 heteroatoms. The number of carbonyl (C=O) groups is 2. The maximum atomic E-state index is 11.3. The minimum Gasteiger partial charge on any atom is -0.479 e. The van der Waals surface area contributed by atoms with Crippen LogP contribution in [0.25, 0.3) is 0 Å². The van der Waals surface area contributed by atoms with Crippen LogP contribution in [0.4, 0.5) is 13.2 Å². The van der Waals surface area contributed by atoms with Gasteiger partial charge in [-0.05, 0) is 0 Å². The van der Waals surface area contributed by atoms with Gasteiger partial charge in [-0.15, -0.1) is 0 Å². The van der Waals surface area contributed by atoms with Crippen LogP contribution in [0.3, 0.4) is 0 Å². The van der Waals surface area contributed by atoms with E-state index in [1.165, 1.54) is 0 Å². The molecule has 0 aromatic carbocycles. The summed E-state index contributed by atoms with van der Waals surface area (Å²) < 4.78 is 34.0. The Bertz CT molecular complexity index is 189. The first-order chi connectivity index (χ1) is 5.34. The Labute approximate surface area is 64.1 Å². The average molecular weight is 187 g/mol. The maximum Gasteiger partial charge on any atom is 0.473 e. The summed E-state index contributed by atoms with van der Waals surface area (Å²) in [4.78, 5) is 23.2. The van der Waals surface area contributed by atoms with Gasteiger partial charge in [0.05, 0.1) is 0 Å². The molecular weight excluding hydrogens is 183 g/mol. The van der Waals surface area contributed by atoms with E-state index >= 15 is 0 Å². The largest absolute Gasteiger partial charge is 0.479 e. The highest BCUT2D eigenvalue weighted by Gasteiger charge is 2.39. The van der Waals surface area contributed by atoms with Crippen molar-refractivity contribution in [1.29, 1.82) is 0 Å². The summed E-state index contributed by atoms with van der Waals surface area (Å²) in [6, 6.07) is 0. The van der Waals surface area contributed by atoms with Gasteiger partial charge >= 0.3 is 18.1 Å². The van der Waals surface area contributed by atoms with Gasteiger partial charge in [0, 0.05) is 0 Å². The smallest absolute Gasteiger partial charge is 0.473 e. The molecule has 12 heavy (non-hydrogen) atoms. The molecule has 0 atom stereocenters. The monoisotopic (exact) mass is 187 g/mol. The summed E-state index contributed by atoms with van der Waals surface area (Å²) in [5.41, 5.74) is 0.909. The Morgan fingerprint density at radius 2 is 1.92 bits per heavy atom. The second kappa shape index (κ2) is 3.90. The van der Waals surface area contributed by atoms with Crippen molar-refractivity contribution in [1.82, 2.24) is 5.48 Å². The molecule has 0 aliphatic rings. The van der Waals surface area contributed by atoms with Crippen molar-refractivity contribution in [2.45, 2.75) is 6.18 Å². The molecule has 0 fully saturated rings. The number of carboxylic acid groups (broad SMARTS) is 1. The van der Waals surface area contributed by atoms with Crippen LogP contribution in [0.5, 0.6) is 0 Å². The molecule has 0 saturated carbocycles. The number of halogens is 3. The van der Waals surface area contributed by atoms with Gasteiger partial charge in [-0.25, -0.2) is 10.3 Å². The Hall–Kier alpha value is -1.31. The molecule has 0 saturated heterocycles. The molecule has 0 rings (SSSR count). The molecule has 0 unspecified atom stereocenters. The third-order valence-electron chi connectivity index (χ3n) is 0.618. The zero-order chi connectivity index (χ0) is 9.78. The lowest BCUT2D eigenvalue weighted by molar-refractivity contribution is -0.187. The molecule has 0 bridgehead atoms. The molecule has 0 radical (unpaired) electrons. The van der Waals surface area contributed by atoms with Crippen molar-refractivity contribution < 1.29 is 32.7 Å². The average Bonchev–Trinajstić information content (AvgIpc) is 1.84. The van der Waals surface area contributed by atoms with Gasteiger partial charge in [0.1, 0.15) is 0 Å². The standard InChI is InChI=1S/C4H4F3NO4/c5-4(6,7)3(11)8-12-1-2(9)10/h1H2,(H,8,11)(H,9,10). The fourth-order valence-electron chi connectivity index (χ4n) is 0.221. The highest BCUT2D eigenvalue weighted by Crippen LogP contribution is 2.13. The molecule has 0 aromatic rings. The summed E-state index contributed by atoms with van der Waals surface area (Å²) in [5, 5.41) is 7.87. The molecule has 0 aliphatic heterocycles. The van der Waals surface area contributed by atoms with Crippen LogP contribution in [0.2, 0.25) is 0 Å². The second-order valence-electron chi connectivity index (χ2n) is 1.61. The number of hydrogen-bond donors (Lipinski definition) is 2. The Morgan fingerprint density at radius 1 is 1.42 bits per heavy atom. The molecular formula is C4H4F3NO4. The number of aliphatic carboxylic acids is 1. The lowest BCUT2D eigenvalue weighted by atomic mass is 10.6. The normalized spacial score (nSPS) is 10.9. The molecule has 0 aliphatic carbocycles. The zero-order valence-electron chi connectivity index (χ0n) is 5.51. The predicted octanol–water partition coefficient (Wildman–Crippen LogP) is -0.319. The molecule has 0 aromatic heterocycles. The van der Waals surface area contributed by atoms with Gasteiger partial charge in [-0.3, -0.25) is 9.63 Å². The highest BCUT2D eigenvalue weighted by molar-refractivity contribution is 5.80. The number of nitrogens with one attached hydrogen (secondary N) is 1. The van der Waals surface area contributed by atoms with Crippen molar-refractivity contribution in [2.75, 3.05) is 6.61 Å². The molecule has 1 amide bonds. The van der Waals surface area contributed by atoms with Gasteiger partial charge in [0.15, 0.2) is 6.61 Å². The van der Waals surface area contributed by atoms with Crippen molar-refractivity contribution in [2.24, 2.45) is 0 Å². The molecule has 0 heterocycles. The van der Waals surface area contributed by atoms with Crippen molar-refractivity contribution in [3.63, 3.8) is 0 Å². The summed E-state index contributed by atoms with van der Waals surface area (Å²) in [6.07, 6.45) is -5.07. The lowest BCUT2D eigenvalue weighted by Gasteiger charge is -2.05. The van der Waals surface area contributed by atoms with Crippen LogP contribution < -0.4 is 5.48 Å². The lowest BCUT2D eigenvalue weighted by Crippen LogP contribution is -2.37. The van der Waals surface area contributed by atoms with E-state index in [1.54, 1.807) is 0 Å². The fraction of sp³-hybridized carbons (Fsp3) is 0.500.